The van der Waals surface area contributed by atoms with Crippen molar-refractivity contribution in [1.29, 1.82) is 0 Å². The molecule has 138 valence electrons. The first-order valence-corrected chi connectivity index (χ1v) is 8.71. The summed E-state index contributed by atoms with van der Waals surface area (Å²) in [6.07, 6.45) is 0. The average molecular weight is 375 g/mol. The molecule has 0 saturated carbocycles. The average Bonchev–Trinajstić information content (AvgIpc) is 3.12. The maximum Gasteiger partial charge on any atom is 0.257 e. The van der Waals surface area contributed by atoms with Crippen molar-refractivity contribution in [2.24, 2.45) is 11.7 Å². The highest BCUT2D eigenvalue weighted by Gasteiger charge is 2.36. The fourth-order valence-electron chi connectivity index (χ4n) is 3.77. The van der Waals surface area contributed by atoms with Crippen molar-refractivity contribution in [3.05, 3.63) is 59.7 Å². The lowest BCUT2D eigenvalue weighted by Gasteiger charge is -2.23. The van der Waals surface area contributed by atoms with Crippen LogP contribution in [-0.2, 0) is 0 Å². The number of likely N-dealkylation sites (tertiary alicyclic amines) is 1. The van der Waals surface area contributed by atoms with E-state index in [0.717, 1.165) is 0 Å². The molecule has 0 radical (unpaired) electrons. The molecule has 6 heteroatoms. The minimum absolute atomic E-state index is 0. The van der Waals surface area contributed by atoms with Gasteiger partial charge in [-0.25, -0.2) is 0 Å². The van der Waals surface area contributed by atoms with Crippen molar-refractivity contribution in [2.45, 2.75) is 5.92 Å². The lowest BCUT2D eigenvalue weighted by molar-refractivity contribution is 0.0775. The van der Waals surface area contributed by atoms with Crippen LogP contribution in [0.3, 0.4) is 0 Å². The van der Waals surface area contributed by atoms with Gasteiger partial charge in [-0.2, -0.15) is 0 Å². The standard InChI is InChI=1S/C20H22N2O3.ClH/c21-11-15-12-22(13-17(15)14-5-2-1-3-6-14)20(23)16-7-4-8-18-19(16)25-10-9-24-18;/h1-8,15,17H,9-13,21H2;1H/t15-,17+;/m1./s1. The van der Waals surface area contributed by atoms with Gasteiger partial charge in [0.1, 0.15) is 13.2 Å². The van der Waals surface area contributed by atoms with Crippen LogP contribution in [0.25, 0.3) is 0 Å². The smallest absolute Gasteiger partial charge is 0.257 e. The molecular formula is C20H23ClN2O3. The van der Waals surface area contributed by atoms with Crippen molar-refractivity contribution in [3.63, 3.8) is 0 Å². The number of halogens is 1. The SMILES string of the molecule is Cl.NC[C@@H]1CN(C(=O)c2cccc3c2OCCO3)C[C@H]1c1ccccc1. The van der Waals surface area contributed by atoms with Crippen molar-refractivity contribution in [3.8, 4) is 11.5 Å². The summed E-state index contributed by atoms with van der Waals surface area (Å²) in [4.78, 5) is 15.0. The van der Waals surface area contributed by atoms with Crippen LogP contribution in [-0.4, -0.2) is 43.7 Å². The first-order valence-electron chi connectivity index (χ1n) is 8.71. The second-order valence-corrected chi connectivity index (χ2v) is 6.55. The van der Waals surface area contributed by atoms with E-state index in [9.17, 15) is 4.79 Å². The molecule has 26 heavy (non-hydrogen) atoms. The Kier molecular flexibility index (Phi) is 5.69. The molecule has 2 atom stereocenters. The lowest BCUT2D eigenvalue weighted by Crippen LogP contribution is -2.31. The predicted octanol–water partition coefficient (Wildman–Crippen LogP) is 2.69. The Morgan fingerprint density at radius 1 is 1.04 bits per heavy atom. The molecule has 0 aromatic heterocycles. The van der Waals surface area contributed by atoms with E-state index in [-0.39, 0.29) is 30.2 Å². The van der Waals surface area contributed by atoms with E-state index >= 15 is 0 Å². The minimum atomic E-state index is -0.0146. The van der Waals surface area contributed by atoms with Crippen LogP contribution in [0.4, 0.5) is 0 Å². The Labute approximate surface area is 159 Å². The highest BCUT2D eigenvalue weighted by atomic mass is 35.5. The molecule has 0 spiro atoms. The van der Waals surface area contributed by atoms with Crippen molar-refractivity contribution >= 4 is 18.3 Å². The molecule has 2 N–H and O–H groups in total. The molecule has 2 aromatic rings. The van der Waals surface area contributed by atoms with Crippen LogP contribution in [0, 0.1) is 5.92 Å². The van der Waals surface area contributed by atoms with E-state index < -0.39 is 0 Å². The van der Waals surface area contributed by atoms with Gasteiger partial charge in [0.25, 0.3) is 5.91 Å². The summed E-state index contributed by atoms with van der Waals surface area (Å²) in [6, 6.07) is 15.8. The summed E-state index contributed by atoms with van der Waals surface area (Å²) in [5, 5.41) is 0. The Morgan fingerprint density at radius 2 is 1.81 bits per heavy atom. The van der Waals surface area contributed by atoms with E-state index in [1.165, 1.54) is 5.56 Å². The highest BCUT2D eigenvalue weighted by molar-refractivity contribution is 5.98. The fourth-order valence-corrected chi connectivity index (χ4v) is 3.77. The zero-order valence-corrected chi connectivity index (χ0v) is 15.3. The van der Waals surface area contributed by atoms with Gasteiger partial charge in [0.15, 0.2) is 11.5 Å². The number of rotatable bonds is 3. The largest absolute Gasteiger partial charge is 0.486 e. The van der Waals surface area contributed by atoms with Crippen molar-refractivity contribution in [1.82, 2.24) is 4.90 Å². The number of amides is 1. The first kappa shape index (κ1) is 18.5. The number of fused-ring (bicyclic) bond motifs is 1. The summed E-state index contributed by atoms with van der Waals surface area (Å²) in [6.45, 7) is 2.89. The summed E-state index contributed by atoms with van der Waals surface area (Å²) in [7, 11) is 0. The molecule has 0 aliphatic carbocycles. The quantitative estimate of drug-likeness (QED) is 0.897. The van der Waals surface area contributed by atoms with E-state index in [0.29, 0.717) is 49.9 Å². The summed E-state index contributed by atoms with van der Waals surface area (Å²) >= 11 is 0. The second kappa shape index (κ2) is 7.98. The predicted molar refractivity (Wildman–Crippen MR) is 102 cm³/mol. The maximum atomic E-state index is 13.1. The Bertz CT molecular complexity index is 769. The van der Waals surface area contributed by atoms with Gasteiger partial charge in [0, 0.05) is 19.0 Å². The molecule has 4 rings (SSSR count). The van der Waals surface area contributed by atoms with Gasteiger partial charge in [-0.05, 0) is 30.2 Å². The fraction of sp³-hybridized carbons (Fsp3) is 0.350. The third-order valence-electron chi connectivity index (χ3n) is 5.06. The summed E-state index contributed by atoms with van der Waals surface area (Å²) < 4.78 is 11.3. The topological polar surface area (TPSA) is 64.8 Å². The summed E-state index contributed by atoms with van der Waals surface area (Å²) in [5.41, 5.74) is 7.80. The number of para-hydroxylation sites is 1. The van der Waals surface area contributed by atoms with Crippen LogP contribution >= 0.6 is 12.4 Å². The maximum absolute atomic E-state index is 13.1. The summed E-state index contributed by atoms with van der Waals surface area (Å²) in [5.74, 6) is 1.73. The Hall–Kier alpha value is -2.24. The molecule has 2 aliphatic rings. The molecule has 2 aliphatic heterocycles. The number of ether oxygens (including phenoxy) is 2. The zero-order chi connectivity index (χ0) is 17.2. The zero-order valence-electron chi connectivity index (χ0n) is 14.5. The Balaban J connectivity index is 0.00000196. The molecule has 1 amide bonds. The number of nitrogens with two attached hydrogens (primary N) is 1. The van der Waals surface area contributed by atoms with Gasteiger partial charge < -0.3 is 20.1 Å². The number of hydrogen-bond acceptors (Lipinski definition) is 4. The molecule has 1 fully saturated rings. The van der Waals surface area contributed by atoms with Gasteiger partial charge in [-0.3, -0.25) is 4.79 Å². The number of hydrogen-bond donors (Lipinski definition) is 1. The van der Waals surface area contributed by atoms with Crippen LogP contribution in [0.15, 0.2) is 48.5 Å². The van der Waals surface area contributed by atoms with E-state index in [2.05, 4.69) is 12.1 Å². The number of benzene rings is 2. The van der Waals surface area contributed by atoms with E-state index in [4.69, 9.17) is 15.2 Å². The van der Waals surface area contributed by atoms with Gasteiger partial charge >= 0.3 is 0 Å². The first-order chi connectivity index (χ1) is 12.3. The van der Waals surface area contributed by atoms with Gasteiger partial charge in [-0.1, -0.05) is 36.4 Å². The number of nitrogens with zero attached hydrogens (tertiary/aromatic N) is 1. The minimum Gasteiger partial charge on any atom is -0.486 e. The number of carbonyl (C=O) groups is 1. The van der Waals surface area contributed by atoms with Crippen molar-refractivity contribution < 1.29 is 14.3 Å². The van der Waals surface area contributed by atoms with E-state index in [1.54, 1.807) is 0 Å². The van der Waals surface area contributed by atoms with Crippen LogP contribution in [0.2, 0.25) is 0 Å². The van der Waals surface area contributed by atoms with Gasteiger partial charge in [0.2, 0.25) is 0 Å². The highest BCUT2D eigenvalue weighted by Crippen LogP contribution is 2.37. The second-order valence-electron chi connectivity index (χ2n) is 6.55. The third-order valence-corrected chi connectivity index (χ3v) is 5.06. The van der Waals surface area contributed by atoms with Gasteiger partial charge in [0.05, 0.1) is 5.56 Å². The molecule has 0 bridgehead atoms. The molecule has 1 saturated heterocycles. The van der Waals surface area contributed by atoms with Crippen molar-refractivity contribution in [2.75, 3.05) is 32.8 Å². The molecule has 0 unspecified atom stereocenters. The number of carbonyl (C=O) groups excluding carboxylic acids is 1. The van der Waals surface area contributed by atoms with E-state index in [1.807, 2.05) is 41.3 Å². The molecule has 2 aromatic carbocycles. The Morgan fingerprint density at radius 3 is 2.58 bits per heavy atom. The normalized spacial score (nSPS) is 21.2. The molecule has 5 nitrogen and oxygen atoms in total. The van der Waals surface area contributed by atoms with Crippen LogP contribution < -0.4 is 15.2 Å². The van der Waals surface area contributed by atoms with Crippen LogP contribution in [0.5, 0.6) is 11.5 Å². The van der Waals surface area contributed by atoms with Crippen LogP contribution in [0.1, 0.15) is 21.8 Å². The molecular weight excluding hydrogens is 352 g/mol. The van der Waals surface area contributed by atoms with Gasteiger partial charge in [-0.15, -0.1) is 12.4 Å². The third kappa shape index (κ3) is 3.37. The lowest BCUT2D eigenvalue weighted by atomic mass is 9.89. The monoisotopic (exact) mass is 374 g/mol. The molecule has 2 heterocycles.